The summed E-state index contributed by atoms with van der Waals surface area (Å²) in [6.45, 7) is 6.55. The molecule has 0 heterocycles. The van der Waals surface area contributed by atoms with Gasteiger partial charge in [-0.3, -0.25) is 4.79 Å². The predicted molar refractivity (Wildman–Crippen MR) is 116 cm³/mol. The fraction of sp³-hybridized carbons (Fsp3) is 0.381. The number of hydrogen-bond acceptors (Lipinski definition) is 3. The Morgan fingerprint density at radius 2 is 1.78 bits per heavy atom. The molecule has 146 valence electrons. The first kappa shape index (κ1) is 21.9. The van der Waals surface area contributed by atoms with Crippen molar-refractivity contribution in [1.29, 1.82) is 0 Å². The second-order valence-electron chi connectivity index (χ2n) is 6.38. The monoisotopic (exact) mass is 425 g/mol. The number of benzene rings is 2. The molecule has 2 rings (SSSR count). The highest BCUT2D eigenvalue weighted by Gasteiger charge is 2.18. The molecule has 1 N–H and O–H groups in total. The van der Waals surface area contributed by atoms with Crippen molar-refractivity contribution in [3.8, 4) is 5.75 Å². The lowest BCUT2D eigenvalue weighted by Gasteiger charge is -2.18. The van der Waals surface area contributed by atoms with Crippen LogP contribution in [-0.2, 0) is 10.5 Å². The lowest BCUT2D eigenvalue weighted by molar-refractivity contribution is -0.127. The van der Waals surface area contributed by atoms with Crippen molar-refractivity contribution in [2.75, 3.05) is 12.3 Å². The van der Waals surface area contributed by atoms with Gasteiger partial charge >= 0.3 is 0 Å². The van der Waals surface area contributed by atoms with Gasteiger partial charge in [0.1, 0.15) is 5.75 Å². The van der Waals surface area contributed by atoms with E-state index in [0.29, 0.717) is 28.8 Å². The first-order valence-corrected chi connectivity index (χ1v) is 10.8. The Bertz CT molecular complexity index is 742. The summed E-state index contributed by atoms with van der Waals surface area (Å²) in [6.07, 6.45) is 0.121. The molecule has 2 aromatic rings. The average molecular weight is 426 g/mol. The first-order valence-electron chi connectivity index (χ1n) is 8.94. The number of halogens is 2. The van der Waals surface area contributed by atoms with Crippen molar-refractivity contribution in [1.82, 2.24) is 5.32 Å². The molecule has 0 bridgehead atoms. The van der Waals surface area contributed by atoms with Crippen molar-refractivity contribution in [3.63, 3.8) is 0 Å². The largest absolute Gasteiger partial charge is 0.481 e. The highest BCUT2D eigenvalue weighted by Crippen LogP contribution is 2.28. The van der Waals surface area contributed by atoms with E-state index in [2.05, 4.69) is 11.4 Å². The Morgan fingerprint density at radius 3 is 2.37 bits per heavy atom. The summed E-state index contributed by atoms with van der Waals surface area (Å²) in [5.74, 6) is 2.13. The summed E-state index contributed by atoms with van der Waals surface area (Å²) in [5.41, 5.74) is 3.17. The van der Waals surface area contributed by atoms with Gasteiger partial charge in [0.25, 0.3) is 5.91 Å². The molecule has 1 amide bonds. The van der Waals surface area contributed by atoms with Gasteiger partial charge in [0.05, 0.1) is 0 Å². The predicted octanol–water partition coefficient (Wildman–Crippen LogP) is 5.82. The minimum atomic E-state index is -0.491. The zero-order chi connectivity index (χ0) is 19.8. The quantitative estimate of drug-likeness (QED) is 0.514. The maximum atomic E-state index is 12.4. The molecule has 0 saturated carbocycles. The summed E-state index contributed by atoms with van der Waals surface area (Å²) in [5, 5.41) is 4.29. The molecule has 0 fully saturated rings. The van der Waals surface area contributed by atoms with Gasteiger partial charge in [0.15, 0.2) is 6.10 Å². The number of carbonyl (C=O) groups excluding carboxylic acids is 1. The van der Waals surface area contributed by atoms with E-state index in [1.54, 1.807) is 11.8 Å². The first-order chi connectivity index (χ1) is 12.9. The number of nitrogens with one attached hydrogen (secondary N) is 1. The number of hydrogen-bond donors (Lipinski definition) is 1. The Morgan fingerprint density at radius 1 is 1.15 bits per heavy atom. The van der Waals surface area contributed by atoms with Gasteiger partial charge in [-0.2, -0.15) is 11.8 Å². The van der Waals surface area contributed by atoms with Crippen LogP contribution in [0.25, 0.3) is 0 Å². The SMILES string of the molecule is CCC(Oc1cc(C)cc(C)c1)C(=O)NCCSCc1c(Cl)cccc1Cl. The van der Waals surface area contributed by atoms with Crippen LogP contribution in [0, 0.1) is 13.8 Å². The number of aryl methyl sites for hydroxylation is 2. The molecule has 2 aromatic carbocycles. The Labute approximate surface area is 175 Å². The molecule has 0 aliphatic rings. The second kappa shape index (κ2) is 10.8. The number of ether oxygens (including phenoxy) is 1. The van der Waals surface area contributed by atoms with Gasteiger partial charge in [-0.05, 0) is 61.2 Å². The molecule has 0 saturated heterocycles. The summed E-state index contributed by atoms with van der Waals surface area (Å²) in [6, 6.07) is 11.5. The second-order valence-corrected chi connectivity index (χ2v) is 8.30. The molecule has 0 aliphatic heterocycles. The molecule has 1 atom stereocenters. The third kappa shape index (κ3) is 6.95. The molecule has 0 spiro atoms. The van der Waals surface area contributed by atoms with E-state index in [0.717, 1.165) is 28.2 Å². The minimum absolute atomic E-state index is 0.0898. The van der Waals surface area contributed by atoms with E-state index in [4.69, 9.17) is 27.9 Å². The zero-order valence-corrected chi connectivity index (χ0v) is 18.2. The third-order valence-corrected chi connectivity index (χ3v) is 5.68. The highest BCUT2D eigenvalue weighted by atomic mass is 35.5. The van der Waals surface area contributed by atoms with Crippen LogP contribution in [0.3, 0.4) is 0 Å². The van der Waals surface area contributed by atoms with Crippen LogP contribution in [-0.4, -0.2) is 24.3 Å². The normalized spacial score (nSPS) is 11.9. The maximum absolute atomic E-state index is 12.4. The average Bonchev–Trinajstić information content (AvgIpc) is 2.60. The van der Waals surface area contributed by atoms with Crippen LogP contribution in [0.5, 0.6) is 5.75 Å². The molecule has 27 heavy (non-hydrogen) atoms. The van der Waals surface area contributed by atoms with Gasteiger partial charge in [-0.15, -0.1) is 0 Å². The molecule has 6 heteroatoms. The molecule has 1 unspecified atom stereocenters. The van der Waals surface area contributed by atoms with Crippen molar-refractivity contribution >= 4 is 40.9 Å². The topological polar surface area (TPSA) is 38.3 Å². The number of amides is 1. The van der Waals surface area contributed by atoms with E-state index in [9.17, 15) is 4.79 Å². The maximum Gasteiger partial charge on any atom is 0.261 e. The van der Waals surface area contributed by atoms with Crippen LogP contribution >= 0.6 is 35.0 Å². The van der Waals surface area contributed by atoms with E-state index >= 15 is 0 Å². The summed E-state index contributed by atoms with van der Waals surface area (Å²) in [4.78, 5) is 12.4. The van der Waals surface area contributed by atoms with E-state index in [1.807, 2.05) is 51.1 Å². The van der Waals surface area contributed by atoms with Gasteiger partial charge < -0.3 is 10.1 Å². The van der Waals surface area contributed by atoms with Crippen LogP contribution in [0.4, 0.5) is 0 Å². The van der Waals surface area contributed by atoms with Gasteiger partial charge in [-0.1, -0.05) is 42.3 Å². The van der Waals surface area contributed by atoms with Crippen molar-refractivity contribution in [2.24, 2.45) is 0 Å². The van der Waals surface area contributed by atoms with E-state index < -0.39 is 6.10 Å². The Balaban J connectivity index is 1.78. The smallest absolute Gasteiger partial charge is 0.261 e. The Hall–Kier alpha value is -1.36. The van der Waals surface area contributed by atoms with Crippen LogP contribution in [0.1, 0.15) is 30.0 Å². The zero-order valence-electron chi connectivity index (χ0n) is 15.9. The molecule has 0 aromatic heterocycles. The number of carbonyl (C=O) groups is 1. The molecule has 3 nitrogen and oxygen atoms in total. The summed E-state index contributed by atoms with van der Waals surface area (Å²) < 4.78 is 5.89. The van der Waals surface area contributed by atoms with Gasteiger partial charge in [-0.25, -0.2) is 0 Å². The van der Waals surface area contributed by atoms with Crippen LogP contribution in [0.15, 0.2) is 36.4 Å². The summed E-state index contributed by atoms with van der Waals surface area (Å²) >= 11 is 14.0. The molecule has 0 radical (unpaired) electrons. The van der Waals surface area contributed by atoms with Crippen molar-refractivity contribution in [2.45, 2.75) is 39.0 Å². The number of rotatable bonds is 9. The standard InChI is InChI=1S/C21H25Cl2NO2S/c1-4-20(26-16-11-14(2)10-15(3)12-16)21(25)24-8-9-27-13-17-18(22)6-5-7-19(17)23/h5-7,10-12,20H,4,8-9,13H2,1-3H3,(H,24,25). The van der Waals surface area contributed by atoms with Crippen molar-refractivity contribution < 1.29 is 9.53 Å². The highest BCUT2D eigenvalue weighted by molar-refractivity contribution is 7.98. The minimum Gasteiger partial charge on any atom is -0.481 e. The Kier molecular flexibility index (Phi) is 8.81. The summed E-state index contributed by atoms with van der Waals surface area (Å²) in [7, 11) is 0. The molecule has 0 aliphatic carbocycles. The van der Waals surface area contributed by atoms with Gasteiger partial charge in [0.2, 0.25) is 0 Å². The molecular weight excluding hydrogens is 401 g/mol. The molecular formula is C21H25Cl2NO2S. The van der Waals surface area contributed by atoms with E-state index in [1.165, 1.54) is 0 Å². The van der Waals surface area contributed by atoms with Crippen LogP contribution in [0.2, 0.25) is 10.0 Å². The number of thioether (sulfide) groups is 1. The third-order valence-electron chi connectivity index (χ3n) is 3.99. The lowest BCUT2D eigenvalue weighted by Crippen LogP contribution is -2.39. The van der Waals surface area contributed by atoms with Crippen molar-refractivity contribution in [3.05, 3.63) is 63.1 Å². The van der Waals surface area contributed by atoms with E-state index in [-0.39, 0.29) is 5.91 Å². The van der Waals surface area contributed by atoms with Crippen LogP contribution < -0.4 is 10.1 Å². The fourth-order valence-corrected chi connectivity index (χ4v) is 4.29. The fourth-order valence-electron chi connectivity index (χ4n) is 2.69. The lowest BCUT2D eigenvalue weighted by atomic mass is 10.1. The van der Waals surface area contributed by atoms with Gasteiger partial charge in [0, 0.05) is 28.1 Å².